The van der Waals surface area contributed by atoms with Crippen LogP contribution in [0.5, 0.6) is 0 Å². The molecule has 0 aliphatic carbocycles. The summed E-state index contributed by atoms with van der Waals surface area (Å²) >= 11 is 0. The van der Waals surface area contributed by atoms with Gasteiger partial charge in [-0.1, -0.05) is 35.9 Å². The molecule has 0 heterocycles. The second-order valence-corrected chi connectivity index (χ2v) is 8.88. The van der Waals surface area contributed by atoms with Crippen molar-refractivity contribution in [3.05, 3.63) is 59.7 Å². The molecule has 5 nitrogen and oxygen atoms in total. The van der Waals surface area contributed by atoms with Crippen LogP contribution in [0.2, 0.25) is 0 Å². The summed E-state index contributed by atoms with van der Waals surface area (Å²) in [5, 5.41) is 0. The fourth-order valence-corrected chi connectivity index (χ4v) is 3.77. The lowest BCUT2D eigenvalue weighted by Gasteiger charge is -2.09. The van der Waals surface area contributed by atoms with E-state index < -0.39 is 19.9 Å². The molecule has 0 radical (unpaired) electrons. The highest BCUT2D eigenvalue weighted by Gasteiger charge is 2.13. The molecule has 0 fully saturated rings. The van der Waals surface area contributed by atoms with Crippen molar-refractivity contribution in [3.63, 3.8) is 0 Å². The molecule has 1 N–H and O–H groups in total. The second-order valence-electron chi connectivity index (χ2n) is 5.15. The third-order valence-corrected chi connectivity index (χ3v) is 5.38. The average Bonchev–Trinajstić information content (AvgIpc) is 2.40. The number of rotatable bonds is 5. The van der Waals surface area contributed by atoms with E-state index in [1.165, 1.54) is 24.3 Å². The number of sulfonamides is 1. The van der Waals surface area contributed by atoms with Crippen LogP contribution in [0.25, 0.3) is 0 Å². The lowest BCUT2D eigenvalue weighted by atomic mass is 10.2. The summed E-state index contributed by atoms with van der Waals surface area (Å²) in [5.41, 5.74) is 1.95. The van der Waals surface area contributed by atoms with E-state index in [0.29, 0.717) is 5.56 Å². The Hall–Kier alpha value is -1.86. The zero-order valence-electron chi connectivity index (χ0n) is 12.3. The van der Waals surface area contributed by atoms with Crippen molar-refractivity contribution in [3.8, 4) is 0 Å². The zero-order valence-corrected chi connectivity index (χ0v) is 13.9. The lowest BCUT2D eigenvalue weighted by molar-refractivity contribution is 0.598. The van der Waals surface area contributed by atoms with Gasteiger partial charge in [0.2, 0.25) is 10.0 Å². The van der Waals surface area contributed by atoms with E-state index in [1.54, 1.807) is 12.1 Å². The van der Waals surface area contributed by atoms with Crippen molar-refractivity contribution in [1.29, 1.82) is 0 Å². The second kappa shape index (κ2) is 6.10. The summed E-state index contributed by atoms with van der Waals surface area (Å²) in [6, 6.07) is 12.9. The number of aryl methyl sites for hydroxylation is 1. The first-order valence-corrected chi connectivity index (χ1v) is 10.1. The number of hydrogen-bond donors (Lipinski definition) is 1. The van der Waals surface area contributed by atoms with Gasteiger partial charge in [-0.15, -0.1) is 0 Å². The Balaban J connectivity index is 2.20. The van der Waals surface area contributed by atoms with Gasteiger partial charge in [0.25, 0.3) is 0 Å². The van der Waals surface area contributed by atoms with Gasteiger partial charge in [0.05, 0.1) is 10.6 Å². The molecule has 2 rings (SSSR count). The normalized spacial score (nSPS) is 12.1. The highest BCUT2D eigenvalue weighted by Crippen LogP contribution is 2.18. The molecule has 0 bridgehead atoms. The molecule has 2 aromatic rings. The van der Waals surface area contributed by atoms with E-state index in [9.17, 15) is 16.8 Å². The molecule has 7 heteroatoms. The number of anilines is 1. The molecule has 0 unspecified atom stereocenters. The van der Waals surface area contributed by atoms with Crippen LogP contribution in [0, 0.1) is 6.92 Å². The van der Waals surface area contributed by atoms with Crippen LogP contribution in [0.1, 0.15) is 11.1 Å². The quantitative estimate of drug-likeness (QED) is 0.907. The summed E-state index contributed by atoms with van der Waals surface area (Å²) < 4.78 is 49.7. The highest BCUT2D eigenvalue weighted by molar-refractivity contribution is 7.92. The summed E-state index contributed by atoms with van der Waals surface area (Å²) in [7, 11) is -6.99. The number of benzene rings is 2. The first kappa shape index (κ1) is 16.5. The molecule has 0 aliphatic heterocycles. The fourth-order valence-electron chi connectivity index (χ4n) is 1.91. The van der Waals surface area contributed by atoms with Crippen LogP contribution in [-0.4, -0.2) is 23.1 Å². The topological polar surface area (TPSA) is 80.3 Å². The predicted octanol–water partition coefficient (Wildman–Crippen LogP) is 2.34. The van der Waals surface area contributed by atoms with Gasteiger partial charge in [0.15, 0.2) is 9.84 Å². The Labute approximate surface area is 131 Å². The van der Waals surface area contributed by atoms with Gasteiger partial charge in [0.1, 0.15) is 0 Å². The van der Waals surface area contributed by atoms with Crippen molar-refractivity contribution < 1.29 is 16.8 Å². The summed E-state index contributed by atoms with van der Waals surface area (Å²) in [4.78, 5) is 0.0723. The fraction of sp³-hybridized carbons (Fsp3) is 0.200. The van der Waals surface area contributed by atoms with Crippen molar-refractivity contribution in [2.75, 3.05) is 11.0 Å². The maximum absolute atomic E-state index is 12.2. The largest absolute Gasteiger partial charge is 0.283 e. The molecule has 118 valence electrons. The molecule has 0 saturated carbocycles. The van der Waals surface area contributed by atoms with E-state index in [1.807, 2.05) is 19.1 Å². The molecule has 0 spiro atoms. The number of hydrogen-bond acceptors (Lipinski definition) is 4. The van der Waals surface area contributed by atoms with Gasteiger partial charge in [-0.2, -0.15) is 0 Å². The third kappa shape index (κ3) is 4.57. The van der Waals surface area contributed by atoms with Crippen LogP contribution >= 0.6 is 0 Å². The predicted molar refractivity (Wildman–Crippen MR) is 87.0 cm³/mol. The summed E-state index contributed by atoms with van der Waals surface area (Å²) in [6.07, 6.45) is 1.08. The van der Waals surface area contributed by atoms with E-state index in [4.69, 9.17) is 0 Å². The van der Waals surface area contributed by atoms with Crippen molar-refractivity contribution >= 4 is 25.5 Å². The van der Waals surface area contributed by atoms with E-state index in [2.05, 4.69) is 4.72 Å². The van der Waals surface area contributed by atoms with Gasteiger partial charge in [-0.3, -0.25) is 4.72 Å². The minimum absolute atomic E-state index is 0.0723. The molecule has 0 saturated heterocycles. The minimum Gasteiger partial charge on any atom is -0.283 e. The Bertz CT molecular complexity index is 870. The van der Waals surface area contributed by atoms with Gasteiger partial charge >= 0.3 is 0 Å². The highest BCUT2D eigenvalue weighted by atomic mass is 32.2. The summed E-state index contributed by atoms with van der Waals surface area (Å²) in [5.74, 6) is -0.170. The number of sulfone groups is 1. The molecule has 2 aromatic carbocycles. The van der Waals surface area contributed by atoms with Gasteiger partial charge in [-0.25, -0.2) is 16.8 Å². The molecule has 0 aliphatic rings. The molecular formula is C15H17NO4S2. The molecule has 0 amide bonds. The molecule has 22 heavy (non-hydrogen) atoms. The van der Waals surface area contributed by atoms with Crippen LogP contribution in [0.4, 0.5) is 5.69 Å². The Morgan fingerprint density at radius 3 is 2.18 bits per heavy atom. The van der Waals surface area contributed by atoms with E-state index >= 15 is 0 Å². The smallest absolute Gasteiger partial charge is 0.236 e. The minimum atomic E-state index is -3.61. The average molecular weight is 339 g/mol. The van der Waals surface area contributed by atoms with Crippen LogP contribution in [0.3, 0.4) is 0 Å². The Morgan fingerprint density at radius 1 is 0.955 bits per heavy atom. The Kier molecular flexibility index (Phi) is 4.58. The standard InChI is InChI=1S/C15H17NO4S2/c1-12-6-8-13(9-7-12)11-22(19,20)16-14-4-3-5-15(10-14)21(2,17)18/h3-10,16H,11H2,1-2H3. The zero-order chi connectivity index (χ0) is 16.4. The SMILES string of the molecule is Cc1ccc(CS(=O)(=O)Nc2cccc(S(C)(=O)=O)c2)cc1. The number of nitrogens with one attached hydrogen (secondary N) is 1. The van der Waals surface area contributed by atoms with Crippen LogP contribution in [0.15, 0.2) is 53.4 Å². The lowest BCUT2D eigenvalue weighted by Crippen LogP contribution is -2.15. The van der Waals surface area contributed by atoms with Crippen molar-refractivity contribution in [2.24, 2.45) is 0 Å². The maximum Gasteiger partial charge on any atom is 0.236 e. The van der Waals surface area contributed by atoms with Crippen molar-refractivity contribution in [2.45, 2.75) is 17.6 Å². The molecule has 0 atom stereocenters. The van der Waals surface area contributed by atoms with E-state index in [-0.39, 0.29) is 16.3 Å². The maximum atomic E-state index is 12.2. The first-order valence-electron chi connectivity index (χ1n) is 6.52. The van der Waals surface area contributed by atoms with E-state index in [0.717, 1.165) is 11.8 Å². The summed E-state index contributed by atoms with van der Waals surface area (Å²) in [6.45, 7) is 1.92. The molecule has 0 aromatic heterocycles. The molecular weight excluding hydrogens is 322 g/mol. The van der Waals surface area contributed by atoms with Gasteiger partial charge in [-0.05, 0) is 30.7 Å². The van der Waals surface area contributed by atoms with Gasteiger partial charge in [0, 0.05) is 11.9 Å². The Morgan fingerprint density at radius 2 is 1.59 bits per heavy atom. The van der Waals surface area contributed by atoms with Crippen LogP contribution in [-0.2, 0) is 25.6 Å². The first-order chi connectivity index (χ1) is 10.2. The monoisotopic (exact) mass is 339 g/mol. The third-order valence-electron chi connectivity index (χ3n) is 3.01. The van der Waals surface area contributed by atoms with Crippen LogP contribution < -0.4 is 4.72 Å². The van der Waals surface area contributed by atoms with Crippen molar-refractivity contribution in [1.82, 2.24) is 0 Å². The van der Waals surface area contributed by atoms with Gasteiger partial charge < -0.3 is 0 Å².